The molecule has 94 valence electrons. The molecule has 2 rings (SSSR count). The van der Waals surface area contributed by atoms with Gasteiger partial charge >= 0.3 is 0 Å². The molecule has 1 saturated carbocycles. The van der Waals surface area contributed by atoms with Gasteiger partial charge in [0.2, 0.25) is 0 Å². The highest BCUT2D eigenvalue weighted by molar-refractivity contribution is 6.16. The second kappa shape index (κ2) is 6.31. The van der Waals surface area contributed by atoms with Crippen LogP contribution in [0.25, 0.3) is 0 Å². The average molecular weight is 255 g/mol. The standard InChI is InChI=1S/C13H19ClN2O/c1-17-12(10-5-3-2-4-6-10)13-15-8-7-11(9-14)16-13/h7-8,10,12H,2-6,9H2,1H3. The maximum atomic E-state index is 5.80. The molecule has 1 aromatic heterocycles. The minimum Gasteiger partial charge on any atom is -0.373 e. The van der Waals surface area contributed by atoms with Crippen LogP contribution in [0.3, 0.4) is 0 Å². The summed E-state index contributed by atoms with van der Waals surface area (Å²) in [6.07, 6.45) is 8.16. The molecular formula is C13H19ClN2O. The molecule has 0 saturated heterocycles. The van der Waals surface area contributed by atoms with Crippen LogP contribution in [0.15, 0.2) is 12.3 Å². The molecule has 1 aliphatic rings. The van der Waals surface area contributed by atoms with Crippen molar-refractivity contribution in [3.63, 3.8) is 0 Å². The Morgan fingerprint density at radius 1 is 1.41 bits per heavy atom. The lowest BCUT2D eigenvalue weighted by Gasteiger charge is -2.28. The van der Waals surface area contributed by atoms with Crippen molar-refractivity contribution in [1.82, 2.24) is 9.97 Å². The van der Waals surface area contributed by atoms with Crippen LogP contribution in [0.5, 0.6) is 0 Å². The fourth-order valence-electron chi connectivity index (χ4n) is 2.57. The van der Waals surface area contributed by atoms with Gasteiger partial charge in [-0.3, -0.25) is 0 Å². The Morgan fingerprint density at radius 3 is 2.82 bits per heavy atom. The van der Waals surface area contributed by atoms with Crippen LogP contribution < -0.4 is 0 Å². The van der Waals surface area contributed by atoms with Crippen LogP contribution in [0, 0.1) is 5.92 Å². The molecule has 0 bridgehead atoms. The van der Waals surface area contributed by atoms with Gasteiger partial charge in [-0.15, -0.1) is 11.6 Å². The number of methoxy groups -OCH3 is 1. The average Bonchev–Trinajstić information content (AvgIpc) is 2.41. The number of aromatic nitrogens is 2. The van der Waals surface area contributed by atoms with Gasteiger partial charge in [0.05, 0.1) is 11.6 Å². The number of nitrogens with zero attached hydrogens (tertiary/aromatic N) is 2. The number of halogens is 1. The summed E-state index contributed by atoms with van der Waals surface area (Å²) < 4.78 is 5.61. The van der Waals surface area contributed by atoms with Gasteiger partial charge in [-0.2, -0.15) is 0 Å². The van der Waals surface area contributed by atoms with Crippen molar-refractivity contribution in [2.24, 2.45) is 5.92 Å². The lowest BCUT2D eigenvalue weighted by molar-refractivity contribution is 0.0288. The summed E-state index contributed by atoms with van der Waals surface area (Å²) in [6, 6.07) is 1.85. The lowest BCUT2D eigenvalue weighted by atomic mass is 9.85. The van der Waals surface area contributed by atoms with E-state index in [9.17, 15) is 0 Å². The molecule has 1 atom stereocenters. The van der Waals surface area contributed by atoms with E-state index in [1.54, 1.807) is 13.3 Å². The highest BCUT2D eigenvalue weighted by Crippen LogP contribution is 2.35. The van der Waals surface area contributed by atoms with E-state index >= 15 is 0 Å². The van der Waals surface area contributed by atoms with Gasteiger partial charge in [-0.05, 0) is 24.8 Å². The Bertz CT molecular complexity index is 353. The predicted octanol–water partition coefficient (Wildman–Crippen LogP) is 3.48. The molecule has 17 heavy (non-hydrogen) atoms. The molecule has 3 nitrogen and oxygen atoms in total. The number of hydrogen-bond donors (Lipinski definition) is 0. The number of ether oxygens (including phenoxy) is 1. The maximum Gasteiger partial charge on any atom is 0.157 e. The smallest absolute Gasteiger partial charge is 0.157 e. The van der Waals surface area contributed by atoms with Crippen molar-refractivity contribution in [2.45, 2.75) is 44.1 Å². The summed E-state index contributed by atoms with van der Waals surface area (Å²) in [5, 5.41) is 0. The van der Waals surface area contributed by atoms with Gasteiger partial charge < -0.3 is 4.74 Å². The van der Waals surface area contributed by atoms with Gasteiger partial charge in [-0.1, -0.05) is 19.3 Å². The van der Waals surface area contributed by atoms with Crippen molar-refractivity contribution in [3.05, 3.63) is 23.8 Å². The van der Waals surface area contributed by atoms with Crippen LogP contribution in [-0.4, -0.2) is 17.1 Å². The van der Waals surface area contributed by atoms with Crippen LogP contribution in [0.4, 0.5) is 0 Å². The summed E-state index contributed by atoms with van der Waals surface area (Å²) in [6.45, 7) is 0. The first-order valence-electron chi connectivity index (χ1n) is 6.25. The molecule has 1 aromatic rings. The summed E-state index contributed by atoms with van der Waals surface area (Å²) in [5.41, 5.74) is 0.870. The van der Waals surface area contributed by atoms with Crippen LogP contribution in [-0.2, 0) is 10.6 Å². The Labute approximate surface area is 108 Å². The number of hydrogen-bond acceptors (Lipinski definition) is 3. The summed E-state index contributed by atoms with van der Waals surface area (Å²) in [5.74, 6) is 1.77. The number of rotatable bonds is 4. The highest BCUT2D eigenvalue weighted by atomic mass is 35.5. The van der Waals surface area contributed by atoms with Gasteiger partial charge in [0.15, 0.2) is 5.82 Å². The summed E-state index contributed by atoms with van der Waals surface area (Å²) in [4.78, 5) is 8.81. The Balaban J connectivity index is 2.15. The minimum absolute atomic E-state index is 0.0264. The van der Waals surface area contributed by atoms with Crippen molar-refractivity contribution in [3.8, 4) is 0 Å². The monoisotopic (exact) mass is 254 g/mol. The highest BCUT2D eigenvalue weighted by Gasteiger charge is 2.27. The molecule has 1 fully saturated rings. The molecule has 1 heterocycles. The normalized spacial score (nSPS) is 19.2. The quantitative estimate of drug-likeness (QED) is 0.772. The molecular weight excluding hydrogens is 236 g/mol. The first-order valence-corrected chi connectivity index (χ1v) is 6.79. The first kappa shape index (κ1) is 12.8. The Kier molecular flexibility index (Phi) is 4.75. The molecule has 0 radical (unpaired) electrons. The molecule has 0 aromatic carbocycles. The molecule has 4 heteroatoms. The van der Waals surface area contributed by atoms with E-state index in [-0.39, 0.29) is 6.10 Å². The maximum absolute atomic E-state index is 5.80. The fraction of sp³-hybridized carbons (Fsp3) is 0.692. The molecule has 1 aliphatic carbocycles. The second-order valence-electron chi connectivity index (χ2n) is 4.59. The third kappa shape index (κ3) is 3.17. The van der Waals surface area contributed by atoms with E-state index in [4.69, 9.17) is 16.3 Å². The van der Waals surface area contributed by atoms with Crippen molar-refractivity contribution < 1.29 is 4.74 Å². The molecule has 0 aliphatic heterocycles. The van der Waals surface area contributed by atoms with E-state index < -0.39 is 0 Å². The molecule has 0 spiro atoms. The second-order valence-corrected chi connectivity index (χ2v) is 4.86. The van der Waals surface area contributed by atoms with E-state index in [1.165, 1.54) is 32.1 Å². The van der Waals surface area contributed by atoms with Crippen molar-refractivity contribution in [1.29, 1.82) is 0 Å². The van der Waals surface area contributed by atoms with E-state index in [0.717, 1.165) is 11.5 Å². The summed E-state index contributed by atoms with van der Waals surface area (Å²) >= 11 is 5.80. The Hall–Kier alpha value is -0.670. The molecule has 1 unspecified atom stereocenters. The minimum atomic E-state index is 0.0264. The van der Waals surface area contributed by atoms with E-state index in [2.05, 4.69) is 9.97 Å². The van der Waals surface area contributed by atoms with Crippen LogP contribution >= 0.6 is 11.6 Å². The van der Waals surface area contributed by atoms with Gasteiger partial charge in [0.1, 0.15) is 6.10 Å². The lowest BCUT2D eigenvalue weighted by Crippen LogP contribution is -2.20. The topological polar surface area (TPSA) is 35.0 Å². The van der Waals surface area contributed by atoms with Crippen molar-refractivity contribution >= 4 is 11.6 Å². The van der Waals surface area contributed by atoms with Crippen molar-refractivity contribution in [2.75, 3.05) is 7.11 Å². The summed E-state index contributed by atoms with van der Waals surface area (Å²) in [7, 11) is 1.75. The SMILES string of the molecule is COC(c1nccc(CCl)n1)C1CCCCC1. The van der Waals surface area contributed by atoms with Gasteiger partial charge in [0.25, 0.3) is 0 Å². The Morgan fingerprint density at radius 2 is 2.18 bits per heavy atom. The predicted molar refractivity (Wildman–Crippen MR) is 67.9 cm³/mol. The van der Waals surface area contributed by atoms with Gasteiger partial charge in [0, 0.05) is 13.3 Å². The zero-order chi connectivity index (χ0) is 12.1. The molecule has 0 amide bonds. The van der Waals surface area contributed by atoms with Gasteiger partial charge in [-0.25, -0.2) is 9.97 Å². The zero-order valence-electron chi connectivity index (χ0n) is 10.2. The largest absolute Gasteiger partial charge is 0.373 e. The third-order valence-corrected chi connectivity index (χ3v) is 3.73. The van der Waals surface area contributed by atoms with Crippen LogP contribution in [0.2, 0.25) is 0 Å². The third-order valence-electron chi connectivity index (χ3n) is 3.46. The molecule has 0 N–H and O–H groups in total. The zero-order valence-corrected chi connectivity index (χ0v) is 11.0. The van der Waals surface area contributed by atoms with Crippen LogP contribution in [0.1, 0.15) is 49.7 Å². The van der Waals surface area contributed by atoms with E-state index in [0.29, 0.717) is 11.8 Å². The first-order chi connectivity index (χ1) is 8.35. The fourth-order valence-corrected chi connectivity index (χ4v) is 2.72. The number of alkyl halides is 1. The van der Waals surface area contributed by atoms with E-state index in [1.807, 2.05) is 6.07 Å².